The van der Waals surface area contributed by atoms with Gasteiger partial charge in [0.25, 0.3) is 5.91 Å². The van der Waals surface area contributed by atoms with Gasteiger partial charge < -0.3 is 19.9 Å². The second kappa shape index (κ2) is 10.3. The molecule has 1 fully saturated rings. The van der Waals surface area contributed by atoms with Crippen LogP contribution >= 0.6 is 11.3 Å². The molecule has 32 heavy (non-hydrogen) atoms. The second-order valence-corrected chi connectivity index (χ2v) is 8.61. The van der Waals surface area contributed by atoms with Gasteiger partial charge in [-0.3, -0.25) is 9.59 Å². The van der Waals surface area contributed by atoms with Crippen LogP contribution in [0.25, 0.3) is 0 Å². The molecule has 3 aromatic rings. The minimum atomic E-state index is -0.0523. The quantitative estimate of drug-likeness (QED) is 0.620. The van der Waals surface area contributed by atoms with E-state index in [1.165, 1.54) is 0 Å². The van der Waals surface area contributed by atoms with Crippen molar-refractivity contribution < 1.29 is 14.3 Å². The van der Waals surface area contributed by atoms with Crippen LogP contribution in [0.2, 0.25) is 0 Å². The van der Waals surface area contributed by atoms with Gasteiger partial charge in [-0.1, -0.05) is 12.1 Å². The van der Waals surface area contributed by atoms with Crippen molar-refractivity contribution in [3.8, 4) is 5.75 Å². The highest BCUT2D eigenvalue weighted by Gasteiger charge is 2.21. The third-order valence-electron chi connectivity index (χ3n) is 5.37. The van der Waals surface area contributed by atoms with Gasteiger partial charge in [-0.05, 0) is 48.2 Å². The van der Waals surface area contributed by atoms with Crippen molar-refractivity contribution in [2.75, 3.05) is 43.5 Å². The molecule has 3 heterocycles. The maximum Gasteiger partial charge on any atom is 0.254 e. The number of thiophene rings is 1. The number of hydrogen-bond donors (Lipinski definition) is 1. The van der Waals surface area contributed by atoms with Gasteiger partial charge in [0.1, 0.15) is 11.6 Å². The van der Waals surface area contributed by atoms with Crippen LogP contribution in [0.1, 0.15) is 21.7 Å². The van der Waals surface area contributed by atoms with Gasteiger partial charge in [-0.2, -0.15) is 0 Å². The van der Waals surface area contributed by atoms with E-state index in [0.717, 1.165) is 23.7 Å². The smallest absolute Gasteiger partial charge is 0.254 e. The number of carbonyl (C=O) groups excluding carboxylic acids is 2. The molecule has 8 heteroatoms. The van der Waals surface area contributed by atoms with Gasteiger partial charge in [0.05, 0.1) is 25.4 Å². The van der Waals surface area contributed by atoms with E-state index in [4.69, 9.17) is 4.74 Å². The van der Waals surface area contributed by atoms with E-state index in [1.807, 2.05) is 52.7 Å². The van der Waals surface area contributed by atoms with Crippen LogP contribution in [0.4, 0.5) is 11.5 Å². The van der Waals surface area contributed by atoms with E-state index in [9.17, 15) is 9.59 Å². The number of methoxy groups -OCH3 is 1. The normalized spacial score (nSPS) is 14.0. The molecule has 0 radical (unpaired) electrons. The van der Waals surface area contributed by atoms with Gasteiger partial charge in [0.2, 0.25) is 5.91 Å². The number of anilines is 2. The molecule has 4 rings (SSSR count). The van der Waals surface area contributed by atoms with Gasteiger partial charge in [0.15, 0.2) is 0 Å². The fourth-order valence-electron chi connectivity index (χ4n) is 3.71. The van der Waals surface area contributed by atoms with E-state index < -0.39 is 0 Å². The Morgan fingerprint density at radius 2 is 2.00 bits per heavy atom. The summed E-state index contributed by atoms with van der Waals surface area (Å²) in [5, 5.41) is 4.86. The first kappa shape index (κ1) is 21.8. The summed E-state index contributed by atoms with van der Waals surface area (Å²) in [5.74, 6) is 1.49. The molecule has 0 saturated carbocycles. The van der Waals surface area contributed by atoms with Crippen molar-refractivity contribution in [1.29, 1.82) is 0 Å². The molecule has 0 aliphatic carbocycles. The highest BCUT2D eigenvalue weighted by Crippen LogP contribution is 2.19. The number of aromatic nitrogens is 1. The van der Waals surface area contributed by atoms with Gasteiger partial charge >= 0.3 is 0 Å². The standard InChI is InChI=1S/C24H26N4O3S/c1-31-20-6-2-5-18(15-20)24(30)28-11-4-10-27(12-13-28)22-9-8-19(17-25-22)26-23(29)16-21-7-3-14-32-21/h2-3,5-9,14-15,17H,4,10-13,16H2,1H3,(H,26,29). The molecule has 0 bridgehead atoms. The Bertz CT molecular complexity index is 1050. The maximum absolute atomic E-state index is 12.9. The van der Waals surface area contributed by atoms with Crippen LogP contribution in [0.5, 0.6) is 5.75 Å². The number of nitrogens with one attached hydrogen (secondary N) is 1. The fraction of sp³-hybridized carbons (Fsp3) is 0.292. The Balaban J connectivity index is 1.33. The number of nitrogens with zero attached hydrogens (tertiary/aromatic N) is 3. The van der Waals surface area contributed by atoms with Crippen molar-refractivity contribution >= 4 is 34.7 Å². The number of rotatable bonds is 6. The summed E-state index contributed by atoms with van der Waals surface area (Å²) in [6, 6.07) is 14.9. The Kier molecular flexibility index (Phi) is 7.01. The molecule has 1 aromatic carbocycles. The zero-order valence-corrected chi connectivity index (χ0v) is 18.8. The lowest BCUT2D eigenvalue weighted by Gasteiger charge is -2.23. The number of hydrogen-bond acceptors (Lipinski definition) is 6. The van der Waals surface area contributed by atoms with Gasteiger partial charge in [-0.25, -0.2) is 4.98 Å². The van der Waals surface area contributed by atoms with E-state index in [-0.39, 0.29) is 11.8 Å². The minimum absolute atomic E-state index is 0.0162. The first-order valence-corrected chi connectivity index (χ1v) is 11.5. The number of carbonyl (C=O) groups is 2. The largest absolute Gasteiger partial charge is 0.497 e. The van der Waals surface area contributed by atoms with Crippen LogP contribution in [-0.2, 0) is 11.2 Å². The second-order valence-electron chi connectivity index (χ2n) is 7.57. The fourth-order valence-corrected chi connectivity index (χ4v) is 4.42. The third kappa shape index (κ3) is 5.45. The Labute approximate surface area is 191 Å². The lowest BCUT2D eigenvalue weighted by Crippen LogP contribution is -2.35. The zero-order chi connectivity index (χ0) is 22.3. The summed E-state index contributed by atoms with van der Waals surface area (Å²) in [5.41, 5.74) is 1.32. The molecule has 1 aliphatic rings. The molecule has 166 valence electrons. The van der Waals surface area contributed by atoms with Crippen molar-refractivity contribution in [2.24, 2.45) is 0 Å². The maximum atomic E-state index is 12.9. The Hall–Kier alpha value is -3.39. The molecule has 7 nitrogen and oxygen atoms in total. The molecule has 2 amide bonds. The van der Waals surface area contributed by atoms with E-state index in [1.54, 1.807) is 30.7 Å². The van der Waals surface area contributed by atoms with Crippen LogP contribution < -0.4 is 15.0 Å². The zero-order valence-electron chi connectivity index (χ0n) is 18.0. The third-order valence-corrected chi connectivity index (χ3v) is 6.25. The predicted molar refractivity (Wildman–Crippen MR) is 127 cm³/mol. The average molecular weight is 451 g/mol. The van der Waals surface area contributed by atoms with Gasteiger partial charge in [-0.15, -0.1) is 11.3 Å². The SMILES string of the molecule is COc1cccc(C(=O)N2CCCN(c3ccc(NC(=O)Cc4cccs4)cn3)CC2)c1. The Morgan fingerprint density at radius 3 is 2.75 bits per heavy atom. The van der Waals surface area contributed by atoms with Crippen molar-refractivity contribution in [2.45, 2.75) is 12.8 Å². The molecular formula is C24H26N4O3S. The monoisotopic (exact) mass is 450 g/mol. The van der Waals surface area contributed by atoms with Crippen LogP contribution in [0.3, 0.4) is 0 Å². The van der Waals surface area contributed by atoms with Gasteiger partial charge in [0, 0.05) is 36.6 Å². The van der Waals surface area contributed by atoms with E-state index >= 15 is 0 Å². The topological polar surface area (TPSA) is 74.8 Å². The number of ether oxygens (including phenoxy) is 1. The summed E-state index contributed by atoms with van der Waals surface area (Å²) in [4.78, 5) is 34.7. The lowest BCUT2D eigenvalue weighted by molar-refractivity contribution is -0.115. The molecule has 0 unspecified atom stereocenters. The first-order chi connectivity index (χ1) is 15.6. The van der Waals surface area contributed by atoms with E-state index in [2.05, 4.69) is 15.2 Å². The van der Waals surface area contributed by atoms with Crippen molar-refractivity contribution in [3.05, 3.63) is 70.5 Å². The summed E-state index contributed by atoms with van der Waals surface area (Å²) in [6.07, 6.45) is 2.91. The first-order valence-electron chi connectivity index (χ1n) is 10.6. The van der Waals surface area contributed by atoms with Crippen molar-refractivity contribution in [1.82, 2.24) is 9.88 Å². The number of benzene rings is 1. The summed E-state index contributed by atoms with van der Waals surface area (Å²) in [6.45, 7) is 2.84. The van der Waals surface area contributed by atoms with Crippen LogP contribution in [-0.4, -0.2) is 55.0 Å². The number of amides is 2. The van der Waals surface area contributed by atoms with Crippen LogP contribution in [0, 0.1) is 0 Å². The van der Waals surface area contributed by atoms with Crippen molar-refractivity contribution in [3.63, 3.8) is 0 Å². The predicted octanol–water partition coefficient (Wildman–Crippen LogP) is 3.69. The molecule has 0 spiro atoms. The average Bonchev–Trinajstić information content (AvgIpc) is 3.20. The number of pyridine rings is 1. The summed E-state index contributed by atoms with van der Waals surface area (Å²) >= 11 is 1.57. The van der Waals surface area contributed by atoms with Crippen LogP contribution in [0.15, 0.2) is 60.1 Å². The summed E-state index contributed by atoms with van der Waals surface area (Å²) < 4.78 is 5.24. The molecule has 1 saturated heterocycles. The highest BCUT2D eigenvalue weighted by atomic mass is 32.1. The molecule has 0 atom stereocenters. The molecule has 1 aliphatic heterocycles. The Morgan fingerprint density at radius 1 is 1.09 bits per heavy atom. The molecule has 1 N–H and O–H groups in total. The molecular weight excluding hydrogens is 424 g/mol. The lowest BCUT2D eigenvalue weighted by atomic mass is 10.2. The molecule has 2 aromatic heterocycles. The highest BCUT2D eigenvalue weighted by molar-refractivity contribution is 7.10. The van der Waals surface area contributed by atoms with E-state index in [0.29, 0.717) is 43.1 Å². The minimum Gasteiger partial charge on any atom is -0.497 e. The summed E-state index contributed by atoms with van der Waals surface area (Å²) in [7, 11) is 1.60.